The Balaban J connectivity index is 1.70. The second-order valence-electron chi connectivity index (χ2n) is 6.45. The third-order valence-corrected chi connectivity index (χ3v) is 4.42. The molecule has 0 aromatic heterocycles. The van der Waals surface area contributed by atoms with Crippen LogP contribution in [0.25, 0.3) is 6.08 Å². The lowest BCUT2D eigenvalue weighted by Crippen LogP contribution is -2.36. The van der Waals surface area contributed by atoms with E-state index in [4.69, 9.17) is 4.74 Å². The quantitative estimate of drug-likeness (QED) is 0.606. The molecule has 3 rings (SSSR count). The van der Waals surface area contributed by atoms with Crippen LogP contribution in [0.2, 0.25) is 0 Å². The van der Waals surface area contributed by atoms with Gasteiger partial charge in [0, 0.05) is 38.4 Å². The molecular formula is C21H23FN2O2. The van der Waals surface area contributed by atoms with Gasteiger partial charge in [-0.25, -0.2) is 4.39 Å². The molecule has 136 valence electrons. The summed E-state index contributed by atoms with van der Waals surface area (Å²) < 4.78 is 19.7. The number of hydrogen-bond acceptors (Lipinski definition) is 4. The number of benzene rings is 2. The molecule has 2 aromatic rings. The molecule has 1 aliphatic rings. The lowest BCUT2D eigenvalue weighted by atomic mass is 10.1. The average molecular weight is 354 g/mol. The first-order valence-corrected chi connectivity index (χ1v) is 8.66. The predicted molar refractivity (Wildman–Crippen MR) is 104 cm³/mol. The van der Waals surface area contributed by atoms with Crippen molar-refractivity contribution in [2.75, 3.05) is 50.2 Å². The summed E-state index contributed by atoms with van der Waals surface area (Å²) in [4.78, 5) is 16.3. The highest BCUT2D eigenvalue weighted by atomic mass is 19.1. The molecule has 0 bridgehead atoms. The minimum Gasteiger partial charge on any atom is -0.378 e. The Kier molecular flexibility index (Phi) is 5.68. The van der Waals surface area contributed by atoms with E-state index in [0.29, 0.717) is 37.6 Å². The van der Waals surface area contributed by atoms with E-state index in [0.717, 1.165) is 11.3 Å². The van der Waals surface area contributed by atoms with Gasteiger partial charge in [0.25, 0.3) is 0 Å². The molecule has 1 saturated heterocycles. The largest absolute Gasteiger partial charge is 0.378 e. The molecule has 0 saturated carbocycles. The topological polar surface area (TPSA) is 32.8 Å². The van der Waals surface area contributed by atoms with Crippen molar-refractivity contribution in [3.05, 3.63) is 65.5 Å². The van der Waals surface area contributed by atoms with Gasteiger partial charge in [-0.15, -0.1) is 0 Å². The summed E-state index contributed by atoms with van der Waals surface area (Å²) in [5.74, 6) is -0.587. The molecule has 1 aliphatic heterocycles. The first kappa shape index (κ1) is 18.1. The zero-order chi connectivity index (χ0) is 18.5. The fourth-order valence-corrected chi connectivity index (χ4v) is 2.87. The van der Waals surface area contributed by atoms with E-state index >= 15 is 0 Å². The van der Waals surface area contributed by atoms with E-state index < -0.39 is 0 Å². The highest BCUT2D eigenvalue weighted by Gasteiger charge is 2.16. The van der Waals surface area contributed by atoms with Crippen LogP contribution in [-0.2, 0) is 4.74 Å². The van der Waals surface area contributed by atoms with Crippen molar-refractivity contribution in [1.82, 2.24) is 0 Å². The maximum Gasteiger partial charge on any atom is 0.185 e. The molecule has 1 heterocycles. The van der Waals surface area contributed by atoms with E-state index in [9.17, 15) is 9.18 Å². The van der Waals surface area contributed by atoms with Crippen molar-refractivity contribution < 1.29 is 13.9 Å². The summed E-state index contributed by atoms with van der Waals surface area (Å²) in [5.41, 5.74) is 2.89. The first-order chi connectivity index (χ1) is 12.5. The summed E-state index contributed by atoms with van der Waals surface area (Å²) in [6, 6.07) is 12.5. The standard InChI is InChI=1S/C21H23FN2O2/c1-23(2)18-7-3-16(4-8-18)5-10-21(25)17-6-9-20(19(22)15-17)24-11-13-26-14-12-24/h3-10,15H,11-14H2,1-2H3/b10-5+. The molecule has 0 aliphatic carbocycles. The molecular weight excluding hydrogens is 331 g/mol. The lowest BCUT2D eigenvalue weighted by Gasteiger charge is -2.29. The van der Waals surface area contributed by atoms with E-state index in [2.05, 4.69) is 0 Å². The lowest BCUT2D eigenvalue weighted by molar-refractivity contribution is 0.104. The van der Waals surface area contributed by atoms with E-state index in [-0.39, 0.29) is 11.6 Å². The average Bonchev–Trinajstić information content (AvgIpc) is 2.67. The van der Waals surface area contributed by atoms with E-state index in [1.54, 1.807) is 18.2 Å². The summed E-state index contributed by atoms with van der Waals surface area (Å²) in [7, 11) is 3.95. The maximum atomic E-state index is 14.4. The number of carbonyl (C=O) groups is 1. The van der Waals surface area contributed by atoms with Crippen LogP contribution < -0.4 is 9.80 Å². The fourth-order valence-electron chi connectivity index (χ4n) is 2.87. The second-order valence-corrected chi connectivity index (χ2v) is 6.45. The molecule has 0 N–H and O–H groups in total. The fraction of sp³-hybridized carbons (Fsp3) is 0.286. The van der Waals surface area contributed by atoms with Gasteiger partial charge in [0.1, 0.15) is 5.82 Å². The van der Waals surface area contributed by atoms with Gasteiger partial charge in [0.15, 0.2) is 5.78 Å². The van der Waals surface area contributed by atoms with Crippen molar-refractivity contribution in [3.63, 3.8) is 0 Å². The SMILES string of the molecule is CN(C)c1ccc(/C=C/C(=O)c2ccc(N3CCOCC3)c(F)c2)cc1. The monoisotopic (exact) mass is 354 g/mol. The van der Waals surface area contributed by atoms with Crippen LogP contribution in [0.3, 0.4) is 0 Å². The Bertz CT molecular complexity index is 794. The van der Waals surface area contributed by atoms with Crippen LogP contribution in [0.1, 0.15) is 15.9 Å². The molecule has 0 atom stereocenters. The number of halogens is 1. The minimum absolute atomic E-state index is 0.214. The van der Waals surface area contributed by atoms with Crippen molar-refractivity contribution >= 4 is 23.2 Å². The molecule has 5 heteroatoms. The van der Waals surface area contributed by atoms with Gasteiger partial charge < -0.3 is 14.5 Å². The predicted octanol–water partition coefficient (Wildman–Crippen LogP) is 3.62. The van der Waals surface area contributed by atoms with Crippen molar-refractivity contribution in [2.24, 2.45) is 0 Å². The smallest absolute Gasteiger partial charge is 0.185 e. The molecule has 26 heavy (non-hydrogen) atoms. The Morgan fingerprint density at radius 2 is 1.81 bits per heavy atom. The van der Waals surface area contributed by atoms with Crippen LogP contribution in [-0.4, -0.2) is 46.2 Å². The third-order valence-electron chi connectivity index (χ3n) is 4.42. The minimum atomic E-state index is -0.374. The van der Waals surface area contributed by atoms with Crippen molar-refractivity contribution in [1.29, 1.82) is 0 Å². The number of rotatable bonds is 5. The Hall–Kier alpha value is -2.66. The van der Waals surface area contributed by atoms with Gasteiger partial charge >= 0.3 is 0 Å². The van der Waals surface area contributed by atoms with Gasteiger partial charge in [-0.2, -0.15) is 0 Å². The van der Waals surface area contributed by atoms with Crippen LogP contribution in [0.5, 0.6) is 0 Å². The number of ether oxygens (including phenoxy) is 1. The number of anilines is 2. The summed E-state index contributed by atoms with van der Waals surface area (Å²) in [6.45, 7) is 2.51. The Morgan fingerprint density at radius 1 is 1.12 bits per heavy atom. The Labute approximate surface area is 153 Å². The van der Waals surface area contributed by atoms with Crippen LogP contribution in [0.4, 0.5) is 15.8 Å². The highest BCUT2D eigenvalue weighted by Crippen LogP contribution is 2.22. The van der Waals surface area contributed by atoms with Crippen LogP contribution >= 0.6 is 0 Å². The molecule has 0 unspecified atom stereocenters. The first-order valence-electron chi connectivity index (χ1n) is 8.66. The van der Waals surface area contributed by atoms with Gasteiger partial charge in [0.05, 0.1) is 18.9 Å². The summed E-state index contributed by atoms with van der Waals surface area (Å²) in [5, 5.41) is 0. The van der Waals surface area contributed by atoms with Crippen LogP contribution in [0, 0.1) is 5.82 Å². The zero-order valence-corrected chi connectivity index (χ0v) is 15.1. The Morgan fingerprint density at radius 3 is 2.42 bits per heavy atom. The van der Waals surface area contributed by atoms with E-state index in [1.807, 2.05) is 48.2 Å². The number of hydrogen-bond donors (Lipinski definition) is 0. The number of morpholine rings is 1. The summed E-state index contributed by atoms with van der Waals surface area (Å²) in [6.07, 6.45) is 3.23. The molecule has 0 amide bonds. The highest BCUT2D eigenvalue weighted by molar-refractivity contribution is 6.07. The number of ketones is 1. The zero-order valence-electron chi connectivity index (χ0n) is 15.1. The maximum absolute atomic E-state index is 14.4. The summed E-state index contributed by atoms with van der Waals surface area (Å²) >= 11 is 0. The van der Waals surface area contributed by atoms with Gasteiger partial charge in [0.2, 0.25) is 0 Å². The van der Waals surface area contributed by atoms with Gasteiger partial charge in [-0.1, -0.05) is 18.2 Å². The van der Waals surface area contributed by atoms with Gasteiger partial charge in [-0.05, 0) is 42.0 Å². The number of carbonyl (C=O) groups excluding carboxylic acids is 1. The van der Waals surface area contributed by atoms with E-state index in [1.165, 1.54) is 12.1 Å². The number of nitrogens with zero attached hydrogens (tertiary/aromatic N) is 2. The third kappa shape index (κ3) is 4.29. The van der Waals surface area contributed by atoms with Crippen molar-refractivity contribution in [2.45, 2.75) is 0 Å². The molecule has 0 spiro atoms. The van der Waals surface area contributed by atoms with Gasteiger partial charge in [-0.3, -0.25) is 4.79 Å². The van der Waals surface area contributed by atoms with Crippen LogP contribution in [0.15, 0.2) is 48.5 Å². The second kappa shape index (κ2) is 8.15. The molecule has 2 aromatic carbocycles. The number of allylic oxidation sites excluding steroid dienone is 1. The molecule has 0 radical (unpaired) electrons. The molecule has 1 fully saturated rings. The molecule has 4 nitrogen and oxygen atoms in total. The van der Waals surface area contributed by atoms with Crippen molar-refractivity contribution in [3.8, 4) is 0 Å². The normalized spacial score (nSPS) is 14.7.